The fraction of sp³-hybridized carbons (Fsp3) is 0.400. The van der Waals surface area contributed by atoms with Gasteiger partial charge in [-0.2, -0.15) is 0 Å². The number of piperidine rings is 1. The van der Waals surface area contributed by atoms with Crippen LogP contribution in [0.5, 0.6) is 0 Å². The summed E-state index contributed by atoms with van der Waals surface area (Å²) in [4.78, 5) is 26.5. The number of nitrogens with zero attached hydrogens (tertiary/aromatic N) is 1. The molecule has 0 radical (unpaired) electrons. The minimum atomic E-state index is -3.66. The van der Waals surface area contributed by atoms with Crippen molar-refractivity contribution in [1.29, 1.82) is 0 Å². The van der Waals surface area contributed by atoms with E-state index in [1.807, 2.05) is 18.7 Å². The molecule has 0 unspecified atom stereocenters. The van der Waals surface area contributed by atoms with E-state index in [-0.39, 0.29) is 28.0 Å². The van der Waals surface area contributed by atoms with Crippen LogP contribution in [0.2, 0.25) is 0 Å². The minimum absolute atomic E-state index is 0.00909. The van der Waals surface area contributed by atoms with Crippen molar-refractivity contribution in [2.24, 2.45) is 5.92 Å². The molecule has 2 aromatic rings. The first-order valence-corrected chi connectivity index (χ1v) is 11.9. The first-order chi connectivity index (χ1) is 13.8. The van der Waals surface area contributed by atoms with Crippen LogP contribution in [0.25, 0.3) is 0 Å². The van der Waals surface area contributed by atoms with Gasteiger partial charge in [0.05, 0.1) is 0 Å². The zero-order valence-electron chi connectivity index (χ0n) is 16.4. The Hall–Kier alpha value is -2.39. The molecule has 2 heterocycles. The van der Waals surface area contributed by atoms with Gasteiger partial charge in [0, 0.05) is 36.3 Å². The number of thiophene rings is 1. The largest absolute Gasteiger partial charge is 0.349 e. The molecule has 3 rings (SSSR count). The van der Waals surface area contributed by atoms with Crippen molar-refractivity contribution < 1.29 is 18.0 Å². The molecular weight excluding hydrogens is 410 g/mol. The Morgan fingerprint density at radius 2 is 1.86 bits per heavy atom. The van der Waals surface area contributed by atoms with Gasteiger partial charge in [0.1, 0.15) is 4.21 Å². The Morgan fingerprint density at radius 3 is 2.48 bits per heavy atom. The second-order valence-electron chi connectivity index (χ2n) is 7.35. The van der Waals surface area contributed by atoms with E-state index in [9.17, 15) is 18.0 Å². The number of likely N-dealkylation sites (tertiary alicyclic amines) is 1. The molecule has 1 aromatic heterocycles. The van der Waals surface area contributed by atoms with Gasteiger partial charge in [-0.1, -0.05) is 26.0 Å². The van der Waals surface area contributed by atoms with E-state index in [4.69, 9.17) is 0 Å². The van der Waals surface area contributed by atoms with Crippen LogP contribution in [0.1, 0.15) is 37.0 Å². The SMILES string of the molecule is CC(C)C(=O)N1CCC(NC(=O)c2cccc(NS(=O)(=O)c3cccs3)c2)CC1. The summed E-state index contributed by atoms with van der Waals surface area (Å²) in [5, 5.41) is 4.68. The number of amides is 2. The van der Waals surface area contributed by atoms with Crippen molar-refractivity contribution >= 4 is 38.9 Å². The van der Waals surface area contributed by atoms with Crippen LogP contribution in [-0.4, -0.2) is 44.3 Å². The third-order valence-corrected chi connectivity index (χ3v) is 7.55. The fourth-order valence-electron chi connectivity index (χ4n) is 3.22. The summed E-state index contributed by atoms with van der Waals surface area (Å²) in [5.41, 5.74) is 0.723. The van der Waals surface area contributed by atoms with Gasteiger partial charge in [-0.3, -0.25) is 14.3 Å². The summed E-state index contributed by atoms with van der Waals surface area (Å²) in [6.45, 7) is 5.02. The molecule has 0 saturated carbocycles. The predicted octanol–water partition coefficient (Wildman–Crippen LogP) is 2.93. The van der Waals surface area contributed by atoms with Crippen molar-refractivity contribution in [3.05, 3.63) is 47.3 Å². The van der Waals surface area contributed by atoms with Crippen molar-refractivity contribution in [2.45, 2.75) is 36.9 Å². The highest BCUT2D eigenvalue weighted by molar-refractivity contribution is 7.94. The first kappa shape index (κ1) is 21.3. The topological polar surface area (TPSA) is 95.6 Å². The van der Waals surface area contributed by atoms with Gasteiger partial charge in [-0.25, -0.2) is 8.42 Å². The average Bonchev–Trinajstić information content (AvgIpc) is 3.24. The Kier molecular flexibility index (Phi) is 6.59. The fourth-order valence-corrected chi connectivity index (χ4v) is 5.27. The van der Waals surface area contributed by atoms with Crippen LogP contribution in [0.4, 0.5) is 5.69 Å². The number of sulfonamides is 1. The van der Waals surface area contributed by atoms with Gasteiger partial charge in [0.15, 0.2) is 0 Å². The molecule has 0 spiro atoms. The zero-order chi connectivity index (χ0) is 21.0. The van der Waals surface area contributed by atoms with Crippen LogP contribution < -0.4 is 10.0 Å². The molecule has 0 atom stereocenters. The molecular formula is C20H25N3O4S2. The van der Waals surface area contributed by atoms with Gasteiger partial charge in [-0.05, 0) is 42.5 Å². The van der Waals surface area contributed by atoms with Crippen molar-refractivity contribution in [3.8, 4) is 0 Å². The number of anilines is 1. The maximum Gasteiger partial charge on any atom is 0.271 e. The lowest BCUT2D eigenvalue weighted by Crippen LogP contribution is -2.47. The van der Waals surface area contributed by atoms with E-state index in [0.29, 0.717) is 37.2 Å². The highest BCUT2D eigenvalue weighted by Gasteiger charge is 2.25. The smallest absolute Gasteiger partial charge is 0.271 e. The quantitative estimate of drug-likeness (QED) is 0.729. The van der Waals surface area contributed by atoms with Gasteiger partial charge < -0.3 is 10.2 Å². The molecule has 1 aliphatic rings. The molecule has 0 bridgehead atoms. The molecule has 2 amide bonds. The van der Waals surface area contributed by atoms with E-state index < -0.39 is 10.0 Å². The van der Waals surface area contributed by atoms with Gasteiger partial charge >= 0.3 is 0 Å². The van der Waals surface area contributed by atoms with Gasteiger partial charge in [0.2, 0.25) is 5.91 Å². The van der Waals surface area contributed by atoms with E-state index >= 15 is 0 Å². The predicted molar refractivity (Wildman–Crippen MR) is 113 cm³/mol. The summed E-state index contributed by atoms with van der Waals surface area (Å²) in [6.07, 6.45) is 1.41. The van der Waals surface area contributed by atoms with Gasteiger partial charge in [-0.15, -0.1) is 11.3 Å². The molecule has 1 aliphatic heterocycles. The van der Waals surface area contributed by atoms with Crippen molar-refractivity contribution in [3.63, 3.8) is 0 Å². The van der Waals surface area contributed by atoms with Crippen molar-refractivity contribution in [1.82, 2.24) is 10.2 Å². The molecule has 2 N–H and O–H groups in total. The maximum atomic E-state index is 12.6. The number of hydrogen-bond acceptors (Lipinski definition) is 5. The summed E-state index contributed by atoms with van der Waals surface area (Å²) >= 11 is 1.13. The van der Waals surface area contributed by atoms with Crippen LogP contribution in [0.15, 0.2) is 46.0 Å². The molecule has 1 fully saturated rings. The van der Waals surface area contributed by atoms with Crippen LogP contribution in [-0.2, 0) is 14.8 Å². The Bertz CT molecular complexity index is 963. The number of hydrogen-bond donors (Lipinski definition) is 2. The first-order valence-electron chi connectivity index (χ1n) is 9.52. The van der Waals surface area contributed by atoms with Crippen molar-refractivity contribution in [2.75, 3.05) is 17.8 Å². The van der Waals surface area contributed by atoms with E-state index in [2.05, 4.69) is 10.0 Å². The molecule has 7 nitrogen and oxygen atoms in total. The number of carbonyl (C=O) groups excluding carboxylic acids is 2. The third-order valence-electron chi connectivity index (χ3n) is 4.77. The molecule has 0 aliphatic carbocycles. The zero-order valence-corrected chi connectivity index (χ0v) is 18.1. The molecule has 9 heteroatoms. The average molecular weight is 436 g/mol. The van der Waals surface area contributed by atoms with E-state index in [1.54, 1.807) is 29.6 Å². The lowest BCUT2D eigenvalue weighted by Gasteiger charge is -2.33. The third kappa shape index (κ3) is 5.36. The van der Waals surface area contributed by atoms with Crippen LogP contribution >= 0.6 is 11.3 Å². The standard InChI is InChI=1S/C20H25N3O4S2/c1-14(2)20(25)23-10-8-16(9-11-23)21-19(24)15-5-3-6-17(13-15)22-29(26,27)18-7-4-12-28-18/h3-7,12-14,16,22H,8-11H2,1-2H3,(H,21,24). The van der Waals surface area contributed by atoms with Crippen LogP contribution in [0, 0.1) is 5.92 Å². The van der Waals surface area contributed by atoms with E-state index in [1.165, 1.54) is 12.1 Å². The normalized spacial score (nSPS) is 15.3. The summed E-state index contributed by atoms with van der Waals surface area (Å²) in [5.74, 6) is -0.141. The van der Waals surface area contributed by atoms with Crippen LogP contribution in [0.3, 0.4) is 0 Å². The van der Waals surface area contributed by atoms with E-state index in [0.717, 1.165) is 11.3 Å². The number of carbonyl (C=O) groups is 2. The molecule has 1 saturated heterocycles. The molecule has 29 heavy (non-hydrogen) atoms. The molecule has 1 aromatic carbocycles. The Balaban J connectivity index is 1.60. The lowest BCUT2D eigenvalue weighted by molar-refractivity contribution is -0.135. The molecule has 156 valence electrons. The summed E-state index contributed by atoms with van der Waals surface area (Å²) < 4.78 is 27.4. The highest BCUT2D eigenvalue weighted by atomic mass is 32.2. The Morgan fingerprint density at radius 1 is 1.14 bits per heavy atom. The second-order valence-corrected chi connectivity index (χ2v) is 10.2. The number of nitrogens with one attached hydrogen (secondary N) is 2. The number of rotatable bonds is 6. The second kappa shape index (κ2) is 8.96. The summed E-state index contributed by atoms with van der Waals surface area (Å²) in [6, 6.07) is 9.62. The highest BCUT2D eigenvalue weighted by Crippen LogP contribution is 2.21. The summed E-state index contributed by atoms with van der Waals surface area (Å²) in [7, 11) is -3.66. The monoisotopic (exact) mass is 435 g/mol. The Labute approximate surface area is 175 Å². The van der Waals surface area contributed by atoms with Gasteiger partial charge in [0.25, 0.3) is 15.9 Å². The minimum Gasteiger partial charge on any atom is -0.349 e. The lowest BCUT2D eigenvalue weighted by atomic mass is 10.0. The maximum absolute atomic E-state index is 12.6. The number of benzene rings is 1.